The number of thiophene rings is 1. The lowest BCUT2D eigenvalue weighted by atomic mass is 9.99. The van der Waals surface area contributed by atoms with Crippen molar-refractivity contribution < 1.29 is 9.47 Å². The largest absolute Gasteiger partial charge is 0.493 e. The molecule has 2 N–H and O–H groups in total. The molecule has 0 amide bonds. The summed E-state index contributed by atoms with van der Waals surface area (Å²) in [6.07, 6.45) is 2.05. The molecule has 6 nitrogen and oxygen atoms in total. The number of benzene rings is 1. The van der Waals surface area contributed by atoms with Crippen molar-refractivity contribution in [1.29, 1.82) is 0 Å². The molecule has 0 bridgehead atoms. The van der Waals surface area contributed by atoms with Crippen molar-refractivity contribution in [3.05, 3.63) is 45.6 Å². The third-order valence-corrected chi connectivity index (χ3v) is 6.01. The van der Waals surface area contributed by atoms with E-state index in [9.17, 15) is 0 Å². The minimum atomic E-state index is 0. The molecule has 0 unspecified atom stereocenters. The molecule has 1 aliphatic rings. The van der Waals surface area contributed by atoms with E-state index in [0.29, 0.717) is 0 Å². The highest BCUT2D eigenvalue weighted by atomic mass is 127. The van der Waals surface area contributed by atoms with Crippen LogP contribution in [0.1, 0.15) is 22.9 Å². The SMILES string of the molecule is CCNC(=NCCN1CCc2cc(OC)c(OC)cc2C1)NCCc1cccs1.I. The number of ether oxygens (including phenoxy) is 2. The maximum atomic E-state index is 5.46. The van der Waals surface area contributed by atoms with E-state index in [-0.39, 0.29) is 24.0 Å². The fourth-order valence-corrected chi connectivity index (χ4v) is 4.25. The lowest BCUT2D eigenvalue weighted by Gasteiger charge is -2.29. The van der Waals surface area contributed by atoms with Crippen LogP contribution in [0.15, 0.2) is 34.6 Å². The van der Waals surface area contributed by atoms with Gasteiger partial charge in [-0.1, -0.05) is 6.07 Å². The predicted molar refractivity (Wildman–Crippen MR) is 136 cm³/mol. The number of guanidine groups is 1. The average molecular weight is 545 g/mol. The van der Waals surface area contributed by atoms with Gasteiger partial charge in [0.25, 0.3) is 0 Å². The van der Waals surface area contributed by atoms with Gasteiger partial charge in [0.1, 0.15) is 0 Å². The van der Waals surface area contributed by atoms with E-state index in [2.05, 4.69) is 52.1 Å². The van der Waals surface area contributed by atoms with Gasteiger partial charge in [-0.25, -0.2) is 0 Å². The number of nitrogens with zero attached hydrogens (tertiary/aromatic N) is 2. The van der Waals surface area contributed by atoms with Gasteiger partial charge in [0.05, 0.1) is 20.8 Å². The first kappa shape index (κ1) is 24.7. The Labute approximate surface area is 201 Å². The fourth-order valence-electron chi connectivity index (χ4n) is 3.54. The smallest absolute Gasteiger partial charge is 0.191 e. The Morgan fingerprint density at radius 1 is 1.17 bits per heavy atom. The normalized spacial score (nSPS) is 13.9. The molecule has 0 saturated heterocycles. The van der Waals surface area contributed by atoms with Crippen molar-refractivity contribution in [3.63, 3.8) is 0 Å². The zero-order valence-corrected chi connectivity index (χ0v) is 21.2. The maximum Gasteiger partial charge on any atom is 0.191 e. The van der Waals surface area contributed by atoms with Crippen LogP contribution in [-0.4, -0.2) is 57.8 Å². The molecule has 8 heteroatoms. The highest BCUT2D eigenvalue weighted by Gasteiger charge is 2.19. The molecular formula is C22H33IN4O2S. The van der Waals surface area contributed by atoms with Crippen LogP contribution in [0.3, 0.4) is 0 Å². The van der Waals surface area contributed by atoms with Gasteiger partial charge in [-0.05, 0) is 54.5 Å². The van der Waals surface area contributed by atoms with E-state index in [1.165, 1.54) is 16.0 Å². The molecule has 2 aromatic rings. The molecule has 0 fully saturated rings. The molecule has 3 rings (SSSR count). The Hall–Kier alpha value is -1.52. The van der Waals surface area contributed by atoms with Gasteiger partial charge in [0.2, 0.25) is 0 Å². The molecule has 30 heavy (non-hydrogen) atoms. The summed E-state index contributed by atoms with van der Waals surface area (Å²) in [5.41, 5.74) is 2.67. The summed E-state index contributed by atoms with van der Waals surface area (Å²) >= 11 is 1.80. The van der Waals surface area contributed by atoms with Crippen molar-refractivity contribution in [2.24, 2.45) is 4.99 Å². The lowest BCUT2D eigenvalue weighted by molar-refractivity contribution is 0.260. The minimum Gasteiger partial charge on any atom is -0.493 e. The topological polar surface area (TPSA) is 58.1 Å². The summed E-state index contributed by atoms with van der Waals surface area (Å²) in [6.45, 7) is 7.54. The number of methoxy groups -OCH3 is 2. The molecule has 166 valence electrons. The number of hydrogen-bond donors (Lipinski definition) is 2. The van der Waals surface area contributed by atoms with Gasteiger partial charge in [-0.2, -0.15) is 0 Å². The molecule has 1 aliphatic heterocycles. The molecular weight excluding hydrogens is 511 g/mol. The Morgan fingerprint density at radius 3 is 2.60 bits per heavy atom. The minimum absolute atomic E-state index is 0. The van der Waals surface area contributed by atoms with Gasteiger partial charge in [0.15, 0.2) is 17.5 Å². The molecule has 2 heterocycles. The van der Waals surface area contributed by atoms with E-state index in [0.717, 1.165) is 69.6 Å². The zero-order valence-electron chi connectivity index (χ0n) is 18.1. The molecule has 0 aliphatic carbocycles. The Morgan fingerprint density at radius 2 is 1.93 bits per heavy atom. The Balaban J connectivity index is 0.00000320. The number of fused-ring (bicyclic) bond motifs is 1. The summed E-state index contributed by atoms with van der Waals surface area (Å²) < 4.78 is 10.9. The van der Waals surface area contributed by atoms with Crippen LogP contribution in [-0.2, 0) is 19.4 Å². The van der Waals surface area contributed by atoms with Crippen LogP contribution in [0.25, 0.3) is 0 Å². The molecule has 0 saturated carbocycles. The first-order valence-corrected chi connectivity index (χ1v) is 11.1. The van der Waals surface area contributed by atoms with E-state index in [4.69, 9.17) is 14.5 Å². The van der Waals surface area contributed by atoms with Crippen LogP contribution in [0.4, 0.5) is 0 Å². The number of nitrogens with one attached hydrogen (secondary N) is 2. The van der Waals surface area contributed by atoms with Crippen molar-refractivity contribution in [1.82, 2.24) is 15.5 Å². The highest BCUT2D eigenvalue weighted by Crippen LogP contribution is 2.33. The van der Waals surface area contributed by atoms with Crippen molar-refractivity contribution >= 4 is 41.3 Å². The first-order valence-electron chi connectivity index (χ1n) is 10.2. The quantitative estimate of drug-likeness (QED) is 0.288. The molecule has 1 aromatic heterocycles. The highest BCUT2D eigenvalue weighted by molar-refractivity contribution is 14.0. The first-order chi connectivity index (χ1) is 14.2. The van der Waals surface area contributed by atoms with Gasteiger partial charge in [0, 0.05) is 37.6 Å². The standard InChI is InChI=1S/C22H32N4O2S.HI/c1-4-23-22(24-9-7-19-6-5-13-29-19)25-10-12-26-11-8-17-14-20(27-2)21(28-3)15-18(17)16-26;/h5-6,13-15H,4,7-12,16H2,1-3H3,(H2,23,24,25);1H. The summed E-state index contributed by atoms with van der Waals surface area (Å²) in [4.78, 5) is 8.60. The van der Waals surface area contributed by atoms with Crippen LogP contribution >= 0.6 is 35.3 Å². The summed E-state index contributed by atoms with van der Waals surface area (Å²) in [7, 11) is 3.38. The van der Waals surface area contributed by atoms with Gasteiger partial charge in [-0.3, -0.25) is 9.89 Å². The molecule has 0 spiro atoms. The van der Waals surface area contributed by atoms with Crippen LogP contribution in [0.5, 0.6) is 11.5 Å². The van der Waals surface area contributed by atoms with Gasteiger partial charge >= 0.3 is 0 Å². The molecule has 0 atom stereocenters. The van der Waals surface area contributed by atoms with Gasteiger partial charge < -0.3 is 20.1 Å². The average Bonchev–Trinajstić information content (AvgIpc) is 3.26. The van der Waals surface area contributed by atoms with E-state index >= 15 is 0 Å². The van der Waals surface area contributed by atoms with E-state index in [1.807, 2.05) is 0 Å². The summed E-state index contributed by atoms with van der Waals surface area (Å²) in [6, 6.07) is 8.50. The number of halogens is 1. The second-order valence-electron chi connectivity index (χ2n) is 7.02. The Bertz CT molecular complexity index is 799. The Kier molecular flexibility index (Phi) is 10.7. The third kappa shape index (κ3) is 7.02. The van der Waals surface area contributed by atoms with Crippen molar-refractivity contribution in [2.75, 3.05) is 46.9 Å². The zero-order chi connectivity index (χ0) is 20.5. The van der Waals surface area contributed by atoms with Crippen molar-refractivity contribution in [3.8, 4) is 11.5 Å². The fraction of sp³-hybridized carbons (Fsp3) is 0.500. The summed E-state index contributed by atoms with van der Waals surface area (Å²) in [5, 5.41) is 8.90. The van der Waals surface area contributed by atoms with Crippen LogP contribution in [0.2, 0.25) is 0 Å². The van der Waals surface area contributed by atoms with Gasteiger partial charge in [-0.15, -0.1) is 35.3 Å². The maximum absolute atomic E-state index is 5.46. The number of rotatable bonds is 9. The monoisotopic (exact) mass is 544 g/mol. The van der Waals surface area contributed by atoms with Crippen molar-refractivity contribution in [2.45, 2.75) is 26.3 Å². The molecule has 0 radical (unpaired) electrons. The predicted octanol–water partition coefficient (Wildman–Crippen LogP) is 3.54. The van der Waals surface area contributed by atoms with Crippen LogP contribution in [0, 0.1) is 0 Å². The number of hydrogen-bond acceptors (Lipinski definition) is 5. The van der Waals surface area contributed by atoms with E-state index < -0.39 is 0 Å². The summed E-state index contributed by atoms with van der Waals surface area (Å²) in [5.74, 6) is 2.51. The molecule has 1 aromatic carbocycles. The third-order valence-electron chi connectivity index (χ3n) is 5.07. The van der Waals surface area contributed by atoms with E-state index in [1.54, 1.807) is 25.6 Å². The number of aliphatic imine (C=N–C) groups is 1. The second-order valence-corrected chi connectivity index (χ2v) is 8.05. The van der Waals surface area contributed by atoms with Crippen LogP contribution < -0.4 is 20.1 Å². The lowest BCUT2D eigenvalue weighted by Crippen LogP contribution is -2.39. The second kappa shape index (κ2) is 13.0.